The van der Waals surface area contributed by atoms with E-state index in [0.29, 0.717) is 11.6 Å². The van der Waals surface area contributed by atoms with Gasteiger partial charge in [-0.1, -0.05) is 0 Å². The minimum absolute atomic E-state index is 0.154. The fourth-order valence-corrected chi connectivity index (χ4v) is 1.20. The van der Waals surface area contributed by atoms with Gasteiger partial charge >= 0.3 is 0 Å². The normalized spacial score (nSPS) is 12.3. The zero-order chi connectivity index (χ0) is 9.84. The number of nitrogens with zero attached hydrogens (tertiary/aromatic N) is 1. The second kappa shape index (κ2) is 4.09. The van der Waals surface area contributed by atoms with Crippen molar-refractivity contribution in [2.75, 3.05) is 14.2 Å². The Labute approximate surface area is 77.7 Å². The predicted molar refractivity (Wildman–Crippen MR) is 49.9 cm³/mol. The molecule has 2 N–H and O–H groups in total. The first kappa shape index (κ1) is 9.80. The Balaban J connectivity index is 3.21. The summed E-state index contributed by atoms with van der Waals surface area (Å²) in [5, 5.41) is 0. The Morgan fingerprint density at radius 1 is 1.38 bits per heavy atom. The average molecular weight is 182 g/mol. The van der Waals surface area contributed by atoms with Crippen LogP contribution in [-0.4, -0.2) is 19.2 Å². The van der Waals surface area contributed by atoms with Gasteiger partial charge in [0.05, 0.1) is 19.8 Å². The van der Waals surface area contributed by atoms with Crippen molar-refractivity contribution >= 4 is 0 Å². The molecule has 0 aliphatic carbocycles. The third-order valence-electron chi connectivity index (χ3n) is 1.78. The average Bonchev–Trinajstić information content (AvgIpc) is 2.16. The minimum atomic E-state index is -0.154. The molecular formula is C9H14N2O2. The van der Waals surface area contributed by atoms with Crippen LogP contribution in [0.1, 0.15) is 18.5 Å². The number of aromatic nitrogens is 1. The lowest BCUT2D eigenvalue weighted by Gasteiger charge is -2.13. The molecule has 0 aromatic carbocycles. The fourth-order valence-electron chi connectivity index (χ4n) is 1.20. The molecule has 1 atom stereocenters. The molecule has 0 fully saturated rings. The lowest BCUT2D eigenvalue weighted by molar-refractivity contribution is 0.369. The first-order valence-corrected chi connectivity index (χ1v) is 4.03. The first-order chi connectivity index (χ1) is 6.20. The summed E-state index contributed by atoms with van der Waals surface area (Å²) in [6.07, 6.45) is 1.63. The van der Waals surface area contributed by atoms with Gasteiger partial charge in [-0.2, -0.15) is 0 Å². The maximum atomic E-state index is 5.77. The van der Waals surface area contributed by atoms with Crippen molar-refractivity contribution in [3.63, 3.8) is 0 Å². The van der Waals surface area contributed by atoms with Crippen molar-refractivity contribution in [2.45, 2.75) is 13.0 Å². The minimum Gasteiger partial charge on any atom is -0.496 e. The van der Waals surface area contributed by atoms with E-state index in [0.717, 1.165) is 5.56 Å². The van der Waals surface area contributed by atoms with E-state index in [-0.39, 0.29) is 6.04 Å². The number of hydrogen-bond donors (Lipinski definition) is 1. The zero-order valence-corrected chi connectivity index (χ0v) is 8.07. The van der Waals surface area contributed by atoms with Crippen LogP contribution in [0.3, 0.4) is 0 Å². The van der Waals surface area contributed by atoms with Gasteiger partial charge in [0.15, 0.2) is 0 Å². The Bertz CT molecular complexity index is 265. The summed E-state index contributed by atoms with van der Waals surface area (Å²) in [5.41, 5.74) is 6.57. The maximum absolute atomic E-state index is 5.77. The van der Waals surface area contributed by atoms with Gasteiger partial charge in [0.25, 0.3) is 0 Å². The molecule has 1 aromatic rings. The van der Waals surface area contributed by atoms with Crippen molar-refractivity contribution in [1.29, 1.82) is 0 Å². The molecule has 0 amide bonds. The van der Waals surface area contributed by atoms with Gasteiger partial charge in [0, 0.05) is 12.2 Å². The summed E-state index contributed by atoms with van der Waals surface area (Å²) >= 11 is 0. The number of methoxy groups -OCH3 is 2. The molecule has 0 aliphatic rings. The zero-order valence-electron chi connectivity index (χ0n) is 8.07. The monoisotopic (exact) mass is 182 g/mol. The summed E-state index contributed by atoms with van der Waals surface area (Å²) in [6.45, 7) is 1.86. The smallest absolute Gasteiger partial charge is 0.221 e. The van der Waals surface area contributed by atoms with Crippen molar-refractivity contribution in [3.8, 4) is 11.6 Å². The molecule has 0 saturated carbocycles. The van der Waals surface area contributed by atoms with Crippen LogP contribution < -0.4 is 15.2 Å². The van der Waals surface area contributed by atoms with E-state index in [1.807, 2.05) is 6.92 Å². The molecule has 72 valence electrons. The predicted octanol–water partition coefficient (Wildman–Crippen LogP) is 1.12. The Kier molecular flexibility index (Phi) is 3.08. The number of ether oxygens (including phenoxy) is 2. The van der Waals surface area contributed by atoms with E-state index in [9.17, 15) is 0 Å². The number of hydrogen-bond acceptors (Lipinski definition) is 4. The van der Waals surface area contributed by atoms with Crippen molar-refractivity contribution in [2.24, 2.45) is 5.73 Å². The van der Waals surface area contributed by atoms with Crippen LogP contribution in [0.4, 0.5) is 0 Å². The van der Waals surface area contributed by atoms with E-state index < -0.39 is 0 Å². The number of rotatable bonds is 3. The third kappa shape index (κ3) is 1.89. The summed E-state index contributed by atoms with van der Waals surface area (Å²) in [7, 11) is 3.16. The summed E-state index contributed by atoms with van der Waals surface area (Å²) in [5.74, 6) is 1.23. The molecule has 0 saturated heterocycles. The van der Waals surface area contributed by atoms with Crippen LogP contribution >= 0.6 is 0 Å². The highest BCUT2D eigenvalue weighted by atomic mass is 16.5. The van der Waals surface area contributed by atoms with Crippen LogP contribution in [0.25, 0.3) is 0 Å². The van der Waals surface area contributed by atoms with Gasteiger partial charge < -0.3 is 15.2 Å². The Morgan fingerprint density at radius 3 is 2.54 bits per heavy atom. The van der Waals surface area contributed by atoms with Crippen molar-refractivity contribution in [3.05, 3.63) is 17.8 Å². The van der Waals surface area contributed by atoms with Gasteiger partial charge in [-0.25, -0.2) is 4.98 Å². The topological polar surface area (TPSA) is 57.4 Å². The van der Waals surface area contributed by atoms with E-state index in [1.54, 1.807) is 26.5 Å². The van der Waals surface area contributed by atoms with Gasteiger partial charge in [-0.3, -0.25) is 0 Å². The highest BCUT2D eigenvalue weighted by molar-refractivity contribution is 5.41. The number of nitrogens with two attached hydrogens (primary N) is 1. The SMILES string of the molecule is COc1ccnc(OC)c1C(C)N. The maximum Gasteiger partial charge on any atom is 0.221 e. The molecule has 1 heterocycles. The number of pyridine rings is 1. The molecular weight excluding hydrogens is 168 g/mol. The summed E-state index contributed by atoms with van der Waals surface area (Å²) in [4.78, 5) is 4.04. The molecule has 0 aliphatic heterocycles. The molecule has 13 heavy (non-hydrogen) atoms. The quantitative estimate of drug-likeness (QED) is 0.761. The highest BCUT2D eigenvalue weighted by Gasteiger charge is 2.14. The molecule has 1 unspecified atom stereocenters. The lowest BCUT2D eigenvalue weighted by Crippen LogP contribution is -2.09. The molecule has 0 bridgehead atoms. The fraction of sp³-hybridized carbons (Fsp3) is 0.444. The van der Waals surface area contributed by atoms with Crippen molar-refractivity contribution < 1.29 is 9.47 Å². The van der Waals surface area contributed by atoms with Gasteiger partial charge in [-0.15, -0.1) is 0 Å². The van der Waals surface area contributed by atoms with Crippen LogP contribution in [0.5, 0.6) is 11.6 Å². The van der Waals surface area contributed by atoms with Gasteiger partial charge in [0.1, 0.15) is 5.75 Å². The van der Waals surface area contributed by atoms with E-state index in [1.165, 1.54) is 0 Å². The molecule has 4 nitrogen and oxygen atoms in total. The van der Waals surface area contributed by atoms with Gasteiger partial charge in [-0.05, 0) is 13.0 Å². The van der Waals surface area contributed by atoms with E-state index in [4.69, 9.17) is 15.2 Å². The van der Waals surface area contributed by atoms with Crippen LogP contribution in [0.15, 0.2) is 12.3 Å². The third-order valence-corrected chi connectivity index (χ3v) is 1.78. The summed E-state index contributed by atoms with van der Waals surface area (Å²) in [6, 6.07) is 1.61. The molecule has 0 spiro atoms. The molecule has 1 aromatic heterocycles. The second-order valence-electron chi connectivity index (χ2n) is 2.72. The van der Waals surface area contributed by atoms with E-state index in [2.05, 4.69) is 4.98 Å². The van der Waals surface area contributed by atoms with Crippen molar-refractivity contribution in [1.82, 2.24) is 4.98 Å². The largest absolute Gasteiger partial charge is 0.496 e. The Morgan fingerprint density at radius 2 is 2.08 bits per heavy atom. The van der Waals surface area contributed by atoms with Gasteiger partial charge in [0.2, 0.25) is 5.88 Å². The lowest BCUT2D eigenvalue weighted by atomic mass is 10.1. The molecule has 0 radical (unpaired) electrons. The summed E-state index contributed by atoms with van der Waals surface area (Å²) < 4.78 is 10.2. The van der Waals surface area contributed by atoms with Crippen LogP contribution in [0, 0.1) is 0 Å². The van der Waals surface area contributed by atoms with Crippen LogP contribution in [-0.2, 0) is 0 Å². The highest BCUT2D eigenvalue weighted by Crippen LogP contribution is 2.30. The van der Waals surface area contributed by atoms with Crippen LogP contribution in [0.2, 0.25) is 0 Å². The Hall–Kier alpha value is -1.29. The first-order valence-electron chi connectivity index (χ1n) is 4.03. The van der Waals surface area contributed by atoms with E-state index >= 15 is 0 Å². The molecule has 4 heteroatoms. The standard InChI is InChI=1S/C9H14N2O2/c1-6(10)8-7(12-2)4-5-11-9(8)13-3/h4-6H,10H2,1-3H3. The second-order valence-corrected chi connectivity index (χ2v) is 2.72. The molecule has 1 rings (SSSR count).